The Hall–Kier alpha value is -2.35. The zero-order valence-corrected chi connectivity index (χ0v) is 14.7. The molecule has 1 aromatic heterocycles. The molecule has 0 aliphatic carbocycles. The smallest absolute Gasteiger partial charge is 0.238 e. The van der Waals surface area contributed by atoms with E-state index in [-0.39, 0.29) is 22.2 Å². The Morgan fingerprint density at radius 1 is 1.25 bits per heavy atom. The highest BCUT2D eigenvalue weighted by Crippen LogP contribution is 2.48. The quantitative estimate of drug-likeness (QED) is 0.788. The lowest BCUT2D eigenvalue weighted by molar-refractivity contribution is -0.115. The molecule has 8 heteroatoms. The Balaban J connectivity index is 2.17. The Bertz CT molecular complexity index is 765. The number of H-pyrrole nitrogens is 1. The Kier molecular flexibility index (Phi) is 4.31. The van der Waals surface area contributed by atoms with Crippen molar-refractivity contribution in [1.29, 1.82) is 0 Å². The second-order valence-electron chi connectivity index (χ2n) is 5.53. The number of phenolic OH excluding ortho intramolecular Hbond substituents is 1. The van der Waals surface area contributed by atoms with Gasteiger partial charge in [0, 0.05) is 11.3 Å². The van der Waals surface area contributed by atoms with E-state index in [9.17, 15) is 9.90 Å². The van der Waals surface area contributed by atoms with Crippen LogP contribution in [0.15, 0.2) is 12.1 Å². The number of aromatic hydroxyl groups is 1. The van der Waals surface area contributed by atoms with Crippen molar-refractivity contribution in [3.63, 3.8) is 0 Å². The van der Waals surface area contributed by atoms with Crippen LogP contribution in [-0.4, -0.2) is 40.7 Å². The zero-order valence-electron chi connectivity index (χ0n) is 13.8. The first kappa shape index (κ1) is 16.5. The highest BCUT2D eigenvalue weighted by atomic mass is 32.2. The summed E-state index contributed by atoms with van der Waals surface area (Å²) < 4.78 is 10.5. The number of nitrogens with one attached hydrogen (secondary N) is 2. The maximum atomic E-state index is 12.2. The molecule has 7 nitrogen and oxygen atoms in total. The number of phenols is 1. The standard InChI is InChI=1S/C16H19N3O4S/c1-7-12-14(24-8(2)16(21)17-15(12)19-18-7)9-5-10(22-3)13(20)11(6-9)23-4/h5-6,8,14,20H,1-4H3,(H2,17,18,19,21). The number of hydrogen-bond donors (Lipinski definition) is 3. The van der Waals surface area contributed by atoms with Gasteiger partial charge in [0.25, 0.3) is 0 Å². The van der Waals surface area contributed by atoms with Crippen molar-refractivity contribution in [3.05, 3.63) is 29.0 Å². The summed E-state index contributed by atoms with van der Waals surface area (Å²) in [6.45, 7) is 3.77. The normalized spacial score (nSPS) is 20.1. The molecule has 1 amide bonds. The molecular weight excluding hydrogens is 330 g/mol. The third-order valence-electron chi connectivity index (χ3n) is 4.01. The molecule has 128 valence electrons. The number of anilines is 1. The lowest BCUT2D eigenvalue weighted by Gasteiger charge is -2.20. The van der Waals surface area contributed by atoms with Gasteiger partial charge < -0.3 is 19.9 Å². The average molecular weight is 349 g/mol. The van der Waals surface area contributed by atoms with E-state index < -0.39 is 0 Å². The van der Waals surface area contributed by atoms with Crippen LogP contribution < -0.4 is 14.8 Å². The molecule has 1 aliphatic heterocycles. The fourth-order valence-corrected chi connectivity index (χ4v) is 4.03. The molecular formula is C16H19N3O4S. The van der Waals surface area contributed by atoms with E-state index in [0.29, 0.717) is 17.3 Å². The lowest BCUT2D eigenvalue weighted by atomic mass is 10.0. The fourth-order valence-electron chi connectivity index (χ4n) is 2.72. The first-order chi connectivity index (χ1) is 11.5. The van der Waals surface area contributed by atoms with Crippen LogP contribution in [0.3, 0.4) is 0 Å². The molecule has 24 heavy (non-hydrogen) atoms. The highest BCUT2D eigenvalue weighted by molar-refractivity contribution is 8.01. The van der Waals surface area contributed by atoms with E-state index in [1.165, 1.54) is 26.0 Å². The van der Waals surface area contributed by atoms with Crippen LogP contribution >= 0.6 is 11.8 Å². The van der Waals surface area contributed by atoms with E-state index in [0.717, 1.165) is 16.8 Å². The van der Waals surface area contributed by atoms with Crippen LogP contribution in [0.2, 0.25) is 0 Å². The van der Waals surface area contributed by atoms with Crippen LogP contribution in [-0.2, 0) is 4.79 Å². The number of hydrogen-bond acceptors (Lipinski definition) is 6. The predicted molar refractivity (Wildman–Crippen MR) is 92.1 cm³/mol. The number of carbonyl (C=O) groups is 1. The first-order valence-electron chi connectivity index (χ1n) is 7.42. The fraction of sp³-hybridized carbons (Fsp3) is 0.375. The number of aromatic amines is 1. The first-order valence-corrected chi connectivity index (χ1v) is 8.36. The molecule has 1 aliphatic rings. The van der Waals surface area contributed by atoms with Gasteiger partial charge in [-0.05, 0) is 31.5 Å². The molecule has 1 aromatic carbocycles. The van der Waals surface area contributed by atoms with Gasteiger partial charge in [0.05, 0.1) is 24.7 Å². The Morgan fingerprint density at radius 3 is 2.46 bits per heavy atom. The molecule has 3 N–H and O–H groups in total. The van der Waals surface area contributed by atoms with Gasteiger partial charge in [-0.25, -0.2) is 0 Å². The van der Waals surface area contributed by atoms with Gasteiger partial charge in [-0.1, -0.05) is 0 Å². The number of aryl methyl sites for hydroxylation is 1. The zero-order chi connectivity index (χ0) is 17.4. The van der Waals surface area contributed by atoms with Gasteiger partial charge in [-0.3, -0.25) is 9.89 Å². The maximum absolute atomic E-state index is 12.2. The molecule has 0 radical (unpaired) electrons. The van der Waals surface area contributed by atoms with Gasteiger partial charge in [-0.15, -0.1) is 11.8 Å². The number of carbonyl (C=O) groups excluding carboxylic acids is 1. The number of nitrogens with zero attached hydrogens (tertiary/aromatic N) is 1. The maximum Gasteiger partial charge on any atom is 0.238 e. The van der Waals surface area contributed by atoms with E-state index in [1.807, 2.05) is 13.8 Å². The summed E-state index contributed by atoms with van der Waals surface area (Å²) in [6, 6.07) is 3.52. The summed E-state index contributed by atoms with van der Waals surface area (Å²) in [6.07, 6.45) is 0. The SMILES string of the molecule is COc1cc(C2SC(C)C(=O)Nc3n[nH]c(C)c32)cc(OC)c1O. The number of amides is 1. The van der Waals surface area contributed by atoms with Crippen molar-refractivity contribution in [1.82, 2.24) is 10.2 Å². The van der Waals surface area contributed by atoms with Crippen molar-refractivity contribution < 1.29 is 19.4 Å². The van der Waals surface area contributed by atoms with E-state index in [4.69, 9.17) is 9.47 Å². The van der Waals surface area contributed by atoms with E-state index in [2.05, 4.69) is 15.5 Å². The largest absolute Gasteiger partial charge is 0.502 e. The second kappa shape index (κ2) is 6.27. The Labute approximate surface area is 143 Å². The summed E-state index contributed by atoms with van der Waals surface area (Å²) in [5.74, 6) is 1.04. The molecule has 0 bridgehead atoms. The van der Waals surface area contributed by atoms with Crippen LogP contribution in [0.25, 0.3) is 0 Å². The number of thioether (sulfide) groups is 1. The summed E-state index contributed by atoms with van der Waals surface area (Å²) in [4.78, 5) is 12.2. The van der Waals surface area contributed by atoms with Crippen LogP contribution in [0.5, 0.6) is 17.2 Å². The summed E-state index contributed by atoms with van der Waals surface area (Å²) in [5.41, 5.74) is 2.65. The van der Waals surface area contributed by atoms with Crippen molar-refractivity contribution in [2.45, 2.75) is 24.3 Å². The van der Waals surface area contributed by atoms with Gasteiger partial charge in [0.15, 0.2) is 17.3 Å². The minimum atomic E-state index is -0.255. The number of ether oxygens (including phenoxy) is 2. The molecule has 0 spiro atoms. The van der Waals surface area contributed by atoms with Crippen LogP contribution in [0.4, 0.5) is 5.82 Å². The van der Waals surface area contributed by atoms with Crippen molar-refractivity contribution in [2.24, 2.45) is 0 Å². The molecule has 2 atom stereocenters. The average Bonchev–Trinajstić information content (AvgIpc) is 2.86. The number of aromatic nitrogens is 2. The number of methoxy groups -OCH3 is 2. The second-order valence-corrected chi connectivity index (χ2v) is 6.98. The molecule has 2 unspecified atom stereocenters. The highest BCUT2D eigenvalue weighted by Gasteiger charge is 2.33. The topological polar surface area (TPSA) is 96.5 Å². The minimum Gasteiger partial charge on any atom is -0.502 e. The molecule has 0 saturated heterocycles. The van der Waals surface area contributed by atoms with Crippen molar-refractivity contribution in [3.8, 4) is 17.2 Å². The summed E-state index contributed by atoms with van der Waals surface area (Å²) in [7, 11) is 2.97. The van der Waals surface area contributed by atoms with Gasteiger partial charge in [0.1, 0.15) is 0 Å². The van der Waals surface area contributed by atoms with Gasteiger partial charge in [-0.2, -0.15) is 5.10 Å². The molecule has 2 heterocycles. The van der Waals surface area contributed by atoms with Crippen molar-refractivity contribution in [2.75, 3.05) is 19.5 Å². The number of benzene rings is 1. The van der Waals surface area contributed by atoms with Crippen LogP contribution in [0.1, 0.15) is 29.0 Å². The molecule has 2 aromatic rings. The minimum absolute atomic E-state index is 0.0474. The Morgan fingerprint density at radius 2 is 1.88 bits per heavy atom. The number of fused-ring (bicyclic) bond motifs is 1. The molecule has 3 rings (SSSR count). The monoisotopic (exact) mass is 349 g/mol. The molecule has 0 saturated carbocycles. The van der Waals surface area contributed by atoms with Gasteiger partial charge >= 0.3 is 0 Å². The van der Waals surface area contributed by atoms with E-state index >= 15 is 0 Å². The number of rotatable bonds is 3. The summed E-state index contributed by atoms with van der Waals surface area (Å²) in [5, 5.41) is 19.7. The van der Waals surface area contributed by atoms with Gasteiger partial charge in [0.2, 0.25) is 11.7 Å². The van der Waals surface area contributed by atoms with E-state index in [1.54, 1.807) is 12.1 Å². The lowest BCUT2D eigenvalue weighted by Crippen LogP contribution is -2.21. The molecule has 0 fully saturated rings. The van der Waals surface area contributed by atoms with Crippen molar-refractivity contribution >= 4 is 23.5 Å². The summed E-state index contributed by atoms with van der Waals surface area (Å²) >= 11 is 1.51. The third kappa shape index (κ3) is 2.66. The van der Waals surface area contributed by atoms with Crippen LogP contribution in [0, 0.1) is 6.92 Å². The third-order valence-corrected chi connectivity index (χ3v) is 5.42. The predicted octanol–water partition coefficient (Wildman–Crippen LogP) is 2.60.